The van der Waals surface area contributed by atoms with Gasteiger partial charge >= 0.3 is 0 Å². The third kappa shape index (κ3) is 3.98. The van der Waals surface area contributed by atoms with Crippen molar-refractivity contribution in [3.63, 3.8) is 0 Å². The monoisotopic (exact) mass is 329 g/mol. The highest BCUT2D eigenvalue weighted by Gasteiger charge is 2.24. The Kier molecular flexibility index (Phi) is 4.94. The Hall–Kier alpha value is -1.07. The number of hydrogen-bond acceptors (Lipinski definition) is 3. The second-order valence-corrected chi connectivity index (χ2v) is 8.33. The molecule has 1 saturated carbocycles. The first kappa shape index (κ1) is 16.3. The van der Waals surface area contributed by atoms with E-state index < -0.39 is 9.05 Å². The van der Waals surface area contributed by atoms with E-state index in [0.717, 1.165) is 6.42 Å². The van der Waals surface area contributed by atoms with Gasteiger partial charge in [0.1, 0.15) is 0 Å². The van der Waals surface area contributed by atoms with Crippen molar-refractivity contribution < 1.29 is 13.2 Å². The van der Waals surface area contributed by atoms with Crippen molar-refractivity contribution in [3.05, 3.63) is 29.3 Å². The van der Waals surface area contributed by atoms with E-state index in [4.69, 9.17) is 10.7 Å². The molecule has 1 fully saturated rings. The van der Waals surface area contributed by atoms with E-state index >= 15 is 0 Å². The fourth-order valence-electron chi connectivity index (χ4n) is 2.86. The predicted octanol–water partition coefficient (Wildman–Crippen LogP) is 3.09. The van der Waals surface area contributed by atoms with E-state index in [1.165, 1.54) is 18.9 Å². The van der Waals surface area contributed by atoms with E-state index in [-0.39, 0.29) is 10.8 Å². The Bertz CT molecular complexity index is 642. The van der Waals surface area contributed by atoms with Gasteiger partial charge in [0.15, 0.2) is 0 Å². The van der Waals surface area contributed by atoms with Crippen molar-refractivity contribution in [1.82, 2.24) is 5.32 Å². The van der Waals surface area contributed by atoms with Crippen LogP contribution in [0.25, 0.3) is 0 Å². The summed E-state index contributed by atoms with van der Waals surface area (Å²) in [6.07, 6.45) is 3.55. The highest BCUT2D eigenvalue weighted by Crippen LogP contribution is 2.30. The zero-order valence-corrected chi connectivity index (χ0v) is 13.8. The zero-order chi connectivity index (χ0) is 15.6. The number of halogens is 1. The van der Waals surface area contributed by atoms with Gasteiger partial charge in [0.05, 0.1) is 4.90 Å². The fraction of sp³-hybridized carbons (Fsp3) is 0.533. The first-order valence-electron chi connectivity index (χ1n) is 7.12. The standard InChI is InChI=1S/C15H20ClNO3S/c1-10-4-3-5-13(10)9-17-15(18)12-7-6-11(2)14(8-12)21(16,19)20/h6-8,10,13H,3-5,9H2,1-2H3,(H,17,18). The largest absolute Gasteiger partial charge is 0.352 e. The minimum absolute atomic E-state index is 0.00829. The van der Waals surface area contributed by atoms with Crippen LogP contribution in [0.5, 0.6) is 0 Å². The molecule has 1 aliphatic rings. The lowest BCUT2D eigenvalue weighted by Gasteiger charge is -2.16. The number of benzene rings is 1. The zero-order valence-electron chi connectivity index (χ0n) is 12.2. The Morgan fingerprint density at radius 1 is 1.38 bits per heavy atom. The summed E-state index contributed by atoms with van der Waals surface area (Å²) in [5, 5.41) is 2.89. The molecule has 6 heteroatoms. The summed E-state index contributed by atoms with van der Waals surface area (Å²) in [5.74, 6) is 0.883. The molecule has 1 aliphatic carbocycles. The molecule has 0 bridgehead atoms. The quantitative estimate of drug-likeness (QED) is 0.863. The molecule has 0 aromatic heterocycles. The molecule has 1 amide bonds. The molecule has 2 atom stereocenters. The van der Waals surface area contributed by atoms with Gasteiger partial charge in [-0.3, -0.25) is 4.79 Å². The van der Waals surface area contributed by atoms with Crippen LogP contribution in [0.2, 0.25) is 0 Å². The van der Waals surface area contributed by atoms with Gasteiger partial charge in [-0.25, -0.2) is 8.42 Å². The summed E-state index contributed by atoms with van der Waals surface area (Å²) in [6, 6.07) is 4.56. The number of carbonyl (C=O) groups is 1. The molecule has 2 unspecified atom stereocenters. The van der Waals surface area contributed by atoms with Crippen molar-refractivity contribution in [1.29, 1.82) is 0 Å². The molecule has 0 radical (unpaired) electrons. The molecule has 1 aromatic rings. The summed E-state index contributed by atoms with van der Waals surface area (Å²) >= 11 is 0. The molecule has 1 N–H and O–H groups in total. The maximum absolute atomic E-state index is 12.1. The fourth-order valence-corrected chi connectivity index (χ4v) is 4.07. The highest BCUT2D eigenvalue weighted by molar-refractivity contribution is 8.13. The van der Waals surface area contributed by atoms with E-state index in [0.29, 0.717) is 29.5 Å². The molecular weight excluding hydrogens is 310 g/mol. The average molecular weight is 330 g/mol. The maximum Gasteiger partial charge on any atom is 0.261 e. The molecule has 1 aromatic carbocycles. The lowest BCUT2D eigenvalue weighted by Crippen LogP contribution is -2.30. The van der Waals surface area contributed by atoms with Gasteiger partial charge in [-0.2, -0.15) is 0 Å². The molecular formula is C15H20ClNO3S. The smallest absolute Gasteiger partial charge is 0.261 e. The van der Waals surface area contributed by atoms with Crippen molar-refractivity contribution in [2.75, 3.05) is 6.54 Å². The van der Waals surface area contributed by atoms with Crippen LogP contribution < -0.4 is 5.32 Å². The lowest BCUT2D eigenvalue weighted by molar-refractivity contribution is 0.0944. The summed E-state index contributed by atoms with van der Waals surface area (Å²) in [7, 11) is 1.54. The molecule has 116 valence electrons. The van der Waals surface area contributed by atoms with Gasteiger partial charge in [-0.15, -0.1) is 0 Å². The van der Waals surface area contributed by atoms with Crippen LogP contribution in [0, 0.1) is 18.8 Å². The lowest BCUT2D eigenvalue weighted by atomic mass is 9.98. The molecule has 0 heterocycles. The van der Waals surface area contributed by atoms with E-state index in [1.54, 1.807) is 19.1 Å². The first-order chi connectivity index (χ1) is 9.79. The molecule has 0 aliphatic heterocycles. The second-order valence-electron chi connectivity index (χ2n) is 5.80. The number of rotatable bonds is 4. The van der Waals surface area contributed by atoms with Crippen LogP contribution in [0.4, 0.5) is 0 Å². The van der Waals surface area contributed by atoms with Crippen LogP contribution in [0.1, 0.15) is 42.1 Å². The van der Waals surface area contributed by atoms with E-state index in [1.807, 2.05) is 0 Å². The minimum Gasteiger partial charge on any atom is -0.352 e. The number of hydrogen-bond donors (Lipinski definition) is 1. The maximum atomic E-state index is 12.1. The molecule has 4 nitrogen and oxygen atoms in total. The van der Waals surface area contributed by atoms with Gasteiger partial charge in [-0.1, -0.05) is 25.8 Å². The van der Waals surface area contributed by atoms with Crippen LogP contribution in [-0.4, -0.2) is 20.9 Å². The van der Waals surface area contributed by atoms with Crippen molar-refractivity contribution in [2.45, 2.75) is 38.0 Å². The molecule has 21 heavy (non-hydrogen) atoms. The summed E-state index contributed by atoms with van der Waals surface area (Å²) in [4.78, 5) is 12.1. The highest BCUT2D eigenvalue weighted by atomic mass is 35.7. The van der Waals surface area contributed by atoms with E-state index in [9.17, 15) is 13.2 Å². The number of amides is 1. The van der Waals surface area contributed by atoms with Crippen LogP contribution in [0.3, 0.4) is 0 Å². The summed E-state index contributed by atoms with van der Waals surface area (Å²) in [6.45, 7) is 4.49. The van der Waals surface area contributed by atoms with E-state index in [2.05, 4.69) is 12.2 Å². The third-order valence-corrected chi connectivity index (χ3v) is 5.74. The SMILES string of the molecule is Cc1ccc(C(=O)NCC2CCCC2C)cc1S(=O)(=O)Cl. The van der Waals surface area contributed by atoms with Gasteiger partial charge in [0, 0.05) is 22.8 Å². The van der Waals surface area contributed by atoms with Gasteiger partial charge in [0.2, 0.25) is 0 Å². The number of nitrogens with one attached hydrogen (secondary N) is 1. The number of carbonyl (C=O) groups excluding carboxylic acids is 1. The van der Waals surface area contributed by atoms with Crippen LogP contribution >= 0.6 is 10.7 Å². The molecule has 0 spiro atoms. The Balaban J connectivity index is 2.09. The van der Waals surface area contributed by atoms with Crippen molar-refractivity contribution in [3.8, 4) is 0 Å². The predicted molar refractivity (Wildman–Crippen MR) is 83.1 cm³/mol. The van der Waals surface area contributed by atoms with Crippen LogP contribution in [0.15, 0.2) is 23.1 Å². The third-order valence-electron chi connectivity index (χ3n) is 4.28. The summed E-state index contributed by atoms with van der Waals surface area (Å²) in [5.41, 5.74) is 0.858. The van der Waals surface area contributed by atoms with Crippen molar-refractivity contribution >= 4 is 25.6 Å². The topological polar surface area (TPSA) is 63.2 Å². The summed E-state index contributed by atoms with van der Waals surface area (Å²) < 4.78 is 22.9. The van der Waals surface area contributed by atoms with Gasteiger partial charge in [0.25, 0.3) is 15.0 Å². The van der Waals surface area contributed by atoms with Crippen molar-refractivity contribution in [2.24, 2.45) is 11.8 Å². The first-order valence-corrected chi connectivity index (χ1v) is 9.43. The Morgan fingerprint density at radius 2 is 2.10 bits per heavy atom. The van der Waals surface area contributed by atoms with Crippen LogP contribution in [-0.2, 0) is 9.05 Å². The Morgan fingerprint density at radius 3 is 2.67 bits per heavy atom. The molecule has 2 rings (SSSR count). The normalized spacial score (nSPS) is 22.2. The second kappa shape index (κ2) is 6.36. The average Bonchev–Trinajstić information content (AvgIpc) is 2.80. The van der Waals surface area contributed by atoms with Gasteiger partial charge in [-0.05, 0) is 42.9 Å². The minimum atomic E-state index is -3.84. The number of aryl methyl sites for hydroxylation is 1. The van der Waals surface area contributed by atoms with Gasteiger partial charge < -0.3 is 5.32 Å². The molecule has 0 saturated heterocycles. The Labute approximate surface area is 130 Å².